The van der Waals surface area contributed by atoms with Crippen LogP contribution in [-0.4, -0.2) is 30.0 Å². The number of rotatable bonds is 8. The van der Waals surface area contributed by atoms with E-state index in [1.807, 2.05) is 0 Å². The van der Waals surface area contributed by atoms with Crippen LogP contribution in [-0.2, 0) is 24.4 Å². The van der Waals surface area contributed by atoms with Crippen LogP contribution in [0.2, 0.25) is 0 Å². The van der Waals surface area contributed by atoms with Gasteiger partial charge in [-0.05, 0) is 35.2 Å². The van der Waals surface area contributed by atoms with Gasteiger partial charge in [0.15, 0.2) is 11.6 Å². The first-order valence-corrected chi connectivity index (χ1v) is 13.5. The van der Waals surface area contributed by atoms with E-state index < -0.39 is 81.6 Å². The van der Waals surface area contributed by atoms with E-state index in [-0.39, 0.29) is 26.1 Å². The van der Waals surface area contributed by atoms with Crippen molar-refractivity contribution in [1.82, 2.24) is 10.4 Å². The van der Waals surface area contributed by atoms with Gasteiger partial charge in [-0.2, -0.15) is 0 Å². The summed E-state index contributed by atoms with van der Waals surface area (Å²) in [5.74, 6) is -9.53. The van der Waals surface area contributed by atoms with Crippen LogP contribution in [0, 0.1) is 29.1 Å². The minimum absolute atomic E-state index is 0.0267. The highest BCUT2D eigenvalue weighted by molar-refractivity contribution is 5.95. The number of benzene rings is 3. The van der Waals surface area contributed by atoms with Gasteiger partial charge in [0.25, 0.3) is 11.7 Å². The van der Waals surface area contributed by atoms with E-state index in [4.69, 9.17) is 19.7 Å². The molecule has 1 aliphatic rings. The molecule has 4 aromatic rings. The number of halogens is 5. The molecule has 0 spiro atoms. The molecule has 1 aromatic heterocycles. The summed E-state index contributed by atoms with van der Waals surface area (Å²) in [6, 6.07) is 10.5. The van der Waals surface area contributed by atoms with E-state index in [9.17, 15) is 36.3 Å². The van der Waals surface area contributed by atoms with Crippen molar-refractivity contribution in [3.05, 3.63) is 134 Å². The van der Waals surface area contributed by atoms with Gasteiger partial charge in [0.05, 0.1) is 6.54 Å². The van der Waals surface area contributed by atoms with Crippen LogP contribution in [0.25, 0.3) is 0 Å². The number of carbonyl (C=O) groups excluding carboxylic acids is 2. The number of hydroxylamine groups is 2. The Bertz CT molecular complexity index is 1790. The Morgan fingerprint density at radius 3 is 2.38 bits per heavy atom. The fraction of sp³-hybridized carbons (Fsp3) is 0.194. The summed E-state index contributed by atoms with van der Waals surface area (Å²) in [6.07, 6.45) is 0.791. The van der Waals surface area contributed by atoms with Crippen LogP contribution in [0.5, 0.6) is 5.75 Å². The summed E-state index contributed by atoms with van der Waals surface area (Å²) >= 11 is 0. The maximum absolute atomic E-state index is 14.0. The highest BCUT2D eigenvalue weighted by Crippen LogP contribution is 2.26. The van der Waals surface area contributed by atoms with E-state index in [0.717, 1.165) is 17.2 Å². The number of amides is 1. The Morgan fingerprint density at radius 1 is 0.978 bits per heavy atom. The minimum Gasteiger partial charge on any atom is -0.481 e. The van der Waals surface area contributed by atoms with Crippen LogP contribution < -0.4 is 21.2 Å². The summed E-state index contributed by atoms with van der Waals surface area (Å²) in [7, 11) is 0. The van der Waals surface area contributed by atoms with E-state index >= 15 is 0 Å². The lowest BCUT2D eigenvalue weighted by molar-refractivity contribution is -0.112. The number of ether oxygens (including phenoxy) is 1. The summed E-state index contributed by atoms with van der Waals surface area (Å²) in [4.78, 5) is 44.9. The lowest BCUT2D eigenvalue weighted by atomic mass is 10.00. The average Bonchev–Trinajstić information content (AvgIpc) is 3.14. The van der Waals surface area contributed by atoms with Crippen LogP contribution in [0.1, 0.15) is 49.2 Å². The zero-order valence-corrected chi connectivity index (χ0v) is 23.3. The highest BCUT2D eigenvalue weighted by Gasteiger charge is 2.30. The molecule has 0 radical (unpaired) electrons. The quantitative estimate of drug-likeness (QED) is 0.274. The van der Waals surface area contributed by atoms with Crippen molar-refractivity contribution in [2.24, 2.45) is 5.73 Å². The third kappa shape index (κ3) is 7.02. The van der Waals surface area contributed by atoms with Crippen LogP contribution in [0.3, 0.4) is 0 Å². The molecule has 1 atom stereocenters. The third-order valence-electron chi connectivity index (χ3n) is 6.96. The van der Waals surface area contributed by atoms with Crippen molar-refractivity contribution < 1.29 is 45.5 Å². The largest absolute Gasteiger partial charge is 0.481 e. The second-order valence-corrected chi connectivity index (χ2v) is 10.0. The predicted molar refractivity (Wildman–Crippen MR) is 147 cm³/mol. The molecule has 3 N–H and O–H groups in total. The fourth-order valence-corrected chi connectivity index (χ4v) is 4.67. The minimum atomic E-state index is -1.25. The van der Waals surface area contributed by atoms with E-state index in [2.05, 4.69) is 5.32 Å². The first-order valence-electron chi connectivity index (χ1n) is 13.5. The molecule has 0 saturated heterocycles. The summed E-state index contributed by atoms with van der Waals surface area (Å²) in [6.45, 7) is -1.07. The lowest BCUT2D eigenvalue weighted by Crippen LogP contribution is -2.34. The number of nitrogens with zero attached hydrogens (tertiary/aromatic N) is 1. The van der Waals surface area contributed by atoms with Crippen molar-refractivity contribution in [1.29, 1.82) is 0 Å². The smallest absolute Gasteiger partial charge is 0.397 e. The van der Waals surface area contributed by atoms with Gasteiger partial charge in [-0.1, -0.05) is 30.3 Å². The lowest BCUT2D eigenvalue weighted by Gasteiger charge is -2.21. The first kappa shape index (κ1) is 31.3. The molecular formula is C31H24F5N3O6. The van der Waals surface area contributed by atoms with Gasteiger partial charge in [0.2, 0.25) is 11.2 Å². The van der Waals surface area contributed by atoms with Crippen LogP contribution in [0.4, 0.5) is 22.0 Å². The topological polar surface area (TPSA) is 124 Å². The first-order chi connectivity index (χ1) is 21.5. The van der Waals surface area contributed by atoms with Crippen molar-refractivity contribution in [3.63, 3.8) is 0 Å². The zero-order valence-electron chi connectivity index (χ0n) is 23.3. The molecular weight excluding hydrogens is 605 g/mol. The standard InChI is InChI=1S/C31H24F5N3O6/c32-18-9-22(33)20(23(34)10-18)12-38-30(41)21-15-44-29(28(27(21)40)43-14-16-4-2-1-3-5-16)31(42)45-39-7-6-17-8-24(35)25(36)11-19(17)26(37)13-39/h1-5,8-11,15,26H,6-7,12-14,37H2,(H,38,41). The van der Waals surface area contributed by atoms with Crippen molar-refractivity contribution in [2.45, 2.75) is 25.6 Å². The number of nitrogens with one attached hydrogen (secondary N) is 1. The molecule has 3 aromatic carbocycles. The predicted octanol–water partition coefficient (Wildman–Crippen LogP) is 4.47. The Labute approximate surface area is 251 Å². The fourth-order valence-electron chi connectivity index (χ4n) is 4.67. The molecule has 45 heavy (non-hydrogen) atoms. The SMILES string of the molecule is NC1CN(OC(=O)c2occ(C(=O)NCc3c(F)cc(F)cc3F)c(=O)c2OCc2ccccc2)CCc2cc(F)c(F)cc21. The Hall–Kier alpha value is -5.08. The van der Waals surface area contributed by atoms with Crippen LogP contribution in [0.15, 0.2) is 70.1 Å². The Kier molecular flexibility index (Phi) is 9.25. The summed E-state index contributed by atoms with van der Waals surface area (Å²) in [5.41, 5.74) is 5.07. The molecule has 2 heterocycles. The van der Waals surface area contributed by atoms with E-state index in [0.29, 0.717) is 35.1 Å². The monoisotopic (exact) mass is 629 g/mol. The number of nitrogens with two attached hydrogens (primary N) is 1. The number of hydrogen-bond acceptors (Lipinski definition) is 8. The molecule has 1 amide bonds. The van der Waals surface area contributed by atoms with Gasteiger partial charge in [0, 0.05) is 36.8 Å². The third-order valence-corrected chi connectivity index (χ3v) is 6.96. The molecule has 9 nitrogen and oxygen atoms in total. The number of carbonyl (C=O) groups is 2. The van der Waals surface area contributed by atoms with E-state index in [1.165, 1.54) is 0 Å². The molecule has 0 saturated carbocycles. The molecule has 234 valence electrons. The average molecular weight is 630 g/mol. The van der Waals surface area contributed by atoms with Gasteiger partial charge in [-0.25, -0.2) is 26.7 Å². The van der Waals surface area contributed by atoms with Crippen LogP contribution >= 0.6 is 0 Å². The van der Waals surface area contributed by atoms with Gasteiger partial charge >= 0.3 is 5.97 Å². The van der Waals surface area contributed by atoms with Crippen molar-refractivity contribution in [2.75, 3.05) is 13.1 Å². The molecule has 5 rings (SSSR count). The van der Waals surface area contributed by atoms with Gasteiger partial charge in [-0.15, -0.1) is 5.06 Å². The summed E-state index contributed by atoms with van der Waals surface area (Å²) < 4.78 is 79.9. The molecule has 1 aliphatic heterocycles. The second kappa shape index (κ2) is 13.3. The van der Waals surface area contributed by atoms with Gasteiger partial charge in [0.1, 0.15) is 35.9 Å². The number of hydrogen-bond donors (Lipinski definition) is 2. The highest BCUT2D eigenvalue weighted by atomic mass is 19.2. The second-order valence-electron chi connectivity index (χ2n) is 10.0. The summed E-state index contributed by atoms with van der Waals surface area (Å²) in [5, 5.41) is 3.29. The maximum atomic E-state index is 14.0. The van der Waals surface area contributed by atoms with Crippen molar-refractivity contribution >= 4 is 11.9 Å². The Morgan fingerprint density at radius 2 is 1.67 bits per heavy atom. The molecule has 0 fully saturated rings. The molecule has 14 heteroatoms. The molecule has 1 unspecified atom stereocenters. The number of fused-ring (bicyclic) bond motifs is 1. The maximum Gasteiger partial charge on any atom is 0.397 e. The normalized spacial score (nSPS) is 14.8. The van der Waals surface area contributed by atoms with E-state index in [1.54, 1.807) is 30.3 Å². The van der Waals surface area contributed by atoms with Gasteiger partial charge < -0.3 is 25.0 Å². The Balaban J connectivity index is 1.39. The van der Waals surface area contributed by atoms with Gasteiger partial charge in [-0.3, -0.25) is 9.59 Å². The molecule has 0 aliphatic carbocycles. The van der Waals surface area contributed by atoms with Crippen molar-refractivity contribution in [3.8, 4) is 5.75 Å². The zero-order chi connectivity index (χ0) is 32.2. The molecule has 0 bridgehead atoms.